The SMILES string of the molecule is CCCC(CCCC(OCCCOC(C)CCCCCCCCS)(P=O)C(=O)O)c1ccc(Cl)cc1. The Morgan fingerprint density at radius 2 is 1.67 bits per heavy atom. The molecule has 0 bridgehead atoms. The molecule has 0 saturated heterocycles. The molecule has 1 aromatic carbocycles. The smallest absolute Gasteiger partial charge is 0.348 e. The summed E-state index contributed by atoms with van der Waals surface area (Å²) in [4.78, 5) is 12.0. The third kappa shape index (κ3) is 13.8. The average Bonchev–Trinajstić information content (AvgIpc) is 2.86. The van der Waals surface area contributed by atoms with Crippen LogP contribution in [-0.4, -0.2) is 41.5 Å². The van der Waals surface area contributed by atoms with E-state index in [0.29, 0.717) is 30.4 Å². The van der Waals surface area contributed by atoms with Gasteiger partial charge in [-0.15, -0.1) is 0 Å². The lowest BCUT2D eigenvalue weighted by molar-refractivity contribution is -0.155. The van der Waals surface area contributed by atoms with Gasteiger partial charge in [0.05, 0.1) is 12.7 Å². The standard InChI is InChI=1S/C28H46ClO5PS/c1-3-12-24(25-15-17-26(29)18-16-25)14-10-19-28(35-32,27(30)31)34-21-11-20-33-23(2)13-8-6-4-5-7-9-22-36/h15-18,23-24,36H,3-14,19-22H2,1-2H3,(H,30,31). The van der Waals surface area contributed by atoms with Crippen LogP contribution in [0.25, 0.3) is 0 Å². The Hall–Kier alpha value is -0.650. The second-order valence-electron chi connectivity index (χ2n) is 9.63. The maximum Gasteiger partial charge on any atom is 0.348 e. The highest BCUT2D eigenvalue weighted by Gasteiger charge is 2.40. The number of carbonyl (C=O) groups is 1. The van der Waals surface area contributed by atoms with E-state index in [-0.39, 0.29) is 19.1 Å². The number of benzene rings is 1. The number of ether oxygens (including phenoxy) is 2. The summed E-state index contributed by atoms with van der Waals surface area (Å²) < 4.78 is 23.5. The molecule has 0 heterocycles. The average molecular weight is 561 g/mol. The summed E-state index contributed by atoms with van der Waals surface area (Å²) >= 11 is 10.3. The fraction of sp³-hybridized carbons (Fsp3) is 0.750. The van der Waals surface area contributed by atoms with Crippen LogP contribution in [0.5, 0.6) is 0 Å². The molecule has 3 atom stereocenters. The minimum Gasteiger partial charge on any atom is -0.478 e. The minimum absolute atomic E-state index is 0.174. The zero-order valence-corrected chi connectivity index (χ0v) is 24.7. The predicted octanol–water partition coefficient (Wildman–Crippen LogP) is 8.94. The number of halogens is 1. The van der Waals surface area contributed by atoms with Gasteiger partial charge in [-0.1, -0.05) is 69.2 Å². The van der Waals surface area contributed by atoms with Crippen LogP contribution in [0, 0.1) is 0 Å². The number of aliphatic carboxylic acids is 1. The molecule has 1 aromatic rings. The van der Waals surface area contributed by atoms with Crippen LogP contribution in [-0.2, 0) is 18.8 Å². The van der Waals surface area contributed by atoms with Crippen LogP contribution >= 0.6 is 32.7 Å². The molecular weight excluding hydrogens is 515 g/mol. The number of carboxylic acids is 1. The van der Waals surface area contributed by atoms with Crippen molar-refractivity contribution in [3.05, 3.63) is 34.9 Å². The second-order valence-corrected chi connectivity index (χ2v) is 11.4. The minimum atomic E-state index is -1.70. The molecule has 5 nitrogen and oxygen atoms in total. The van der Waals surface area contributed by atoms with Crippen LogP contribution < -0.4 is 0 Å². The lowest BCUT2D eigenvalue weighted by atomic mass is 9.89. The zero-order chi connectivity index (χ0) is 26.7. The van der Waals surface area contributed by atoms with E-state index in [1.807, 2.05) is 24.3 Å². The fourth-order valence-electron chi connectivity index (χ4n) is 4.42. The second kappa shape index (κ2) is 20.3. The van der Waals surface area contributed by atoms with Crippen LogP contribution in [0.2, 0.25) is 5.02 Å². The van der Waals surface area contributed by atoms with Crippen molar-refractivity contribution in [2.75, 3.05) is 19.0 Å². The van der Waals surface area contributed by atoms with Crippen molar-refractivity contribution in [1.82, 2.24) is 0 Å². The van der Waals surface area contributed by atoms with E-state index in [0.717, 1.165) is 37.9 Å². The Balaban J connectivity index is 2.37. The van der Waals surface area contributed by atoms with Gasteiger partial charge in [0.15, 0.2) is 0 Å². The molecule has 0 aliphatic heterocycles. The Bertz CT molecular complexity index is 720. The zero-order valence-electron chi connectivity index (χ0n) is 22.1. The molecule has 0 saturated carbocycles. The Morgan fingerprint density at radius 1 is 1.00 bits per heavy atom. The monoisotopic (exact) mass is 560 g/mol. The molecule has 206 valence electrons. The summed E-state index contributed by atoms with van der Waals surface area (Å²) in [5.41, 5.74) is 1.20. The third-order valence-corrected chi connectivity index (χ3v) is 7.99. The molecule has 0 amide bonds. The van der Waals surface area contributed by atoms with Crippen molar-refractivity contribution in [3.8, 4) is 0 Å². The molecular formula is C28H46ClO5PS. The largest absolute Gasteiger partial charge is 0.478 e. The van der Waals surface area contributed by atoms with Crippen LogP contribution in [0.1, 0.15) is 109 Å². The van der Waals surface area contributed by atoms with Gasteiger partial charge in [-0.3, -0.25) is 4.57 Å². The van der Waals surface area contributed by atoms with Gasteiger partial charge in [-0.05, 0) is 81.2 Å². The summed E-state index contributed by atoms with van der Waals surface area (Å²) in [5, 5.41) is 8.79. The lowest BCUT2D eigenvalue weighted by Crippen LogP contribution is -2.36. The first-order valence-corrected chi connectivity index (χ1v) is 15.4. The number of thiol groups is 1. The van der Waals surface area contributed by atoms with Gasteiger partial charge in [0.1, 0.15) is 0 Å². The molecule has 8 heteroatoms. The van der Waals surface area contributed by atoms with Crippen molar-refractivity contribution < 1.29 is 23.9 Å². The highest BCUT2D eigenvalue weighted by molar-refractivity contribution is 7.80. The van der Waals surface area contributed by atoms with E-state index < -0.39 is 19.8 Å². The molecule has 0 radical (unpaired) electrons. The highest BCUT2D eigenvalue weighted by atomic mass is 35.5. The molecule has 1 N–H and O–H groups in total. The van der Waals surface area contributed by atoms with Gasteiger partial charge in [0.2, 0.25) is 13.8 Å². The first kappa shape index (κ1) is 33.4. The quantitative estimate of drug-likeness (QED) is 0.0793. The van der Waals surface area contributed by atoms with Crippen LogP contribution in [0.15, 0.2) is 24.3 Å². The summed E-state index contributed by atoms with van der Waals surface area (Å²) in [6.07, 6.45) is 12.8. The first-order valence-electron chi connectivity index (χ1n) is 13.6. The van der Waals surface area contributed by atoms with E-state index in [2.05, 4.69) is 26.5 Å². The van der Waals surface area contributed by atoms with Crippen molar-refractivity contribution in [2.24, 2.45) is 0 Å². The van der Waals surface area contributed by atoms with Crippen LogP contribution in [0.4, 0.5) is 0 Å². The fourth-order valence-corrected chi connectivity index (χ4v) is 5.24. The van der Waals surface area contributed by atoms with Crippen LogP contribution in [0.3, 0.4) is 0 Å². The summed E-state index contributed by atoms with van der Waals surface area (Å²) in [6.45, 7) is 4.92. The summed E-state index contributed by atoms with van der Waals surface area (Å²) in [7, 11) is -0.510. The summed E-state index contributed by atoms with van der Waals surface area (Å²) in [6, 6.07) is 7.83. The number of rotatable bonds is 23. The van der Waals surface area contributed by atoms with Crippen molar-refractivity contribution in [3.63, 3.8) is 0 Å². The molecule has 0 fully saturated rings. The molecule has 0 aromatic heterocycles. The van der Waals surface area contributed by atoms with Crippen molar-refractivity contribution >= 4 is 38.7 Å². The normalized spacial score (nSPS) is 15.0. The number of unbranched alkanes of at least 4 members (excludes halogenated alkanes) is 5. The van der Waals surface area contributed by atoms with E-state index in [9.17, 15) is 14.5 Å². The summed E-state index contributed by atoms with van der Waals surface area (Å²) in [5.74, 6) is 0.103. The van der Waals surface area contributed by atoms with Gasteiger partial charge in [-0.2, -0.15) is 12.6 Å². The first-order chi connectivity index (χ1) is 17.4. The maximum atomic E-state index is 12.0. The Morgan fingerprint density at radius 3 is 2.28 bits per heavy atom. The lowest BCUT2D eigenvalue weighted by Gasteiger charge is -2.24. The van der Waals surface area contributed by atoms with Crippen molar-refractivity contribution in [1.29, 1.82) is 0 Å². The van der Waals surface area contributed by atoms with Gasteiger partial charge in [-0.25, -0.2) is 4.79 Å². The highest BCUT2D eigenvalue weighted by Crippen LogP contribution is 2.35. The predicted molar refractivity (Wildman–Crippen MR) is 153 cm³/mol. The molecule has 1 rings (SSSR count). The third-order valence-electron chi connectivity index (χ3n) is 6.58. The molecule has 0 aliphatic rings. The van der Waals surface area contributed by atoms with Gasteiger partial charge < -0.3 is 14.6 Å². The van der Waals surface area contributed by atoms with E-state index >= 15 is 0 Å². The Kier molecular flexibility index (Phi) is 18.8. The van der Waals surface area contributed by atoms with E-state index in [1.54, 1.807) is 0 Å². The van der Waals surface area contributed by atoms with Crippen molar-refractivity contribution in [2.45, 2.75) is 115 Å². The maximum absolute atomic E-state index is 12.0. The number of carboxylic acid groups (broad SMARTS) is 1. The Labute approximate surface area is 230 Å². The molecule has 3 unspecified atom stereocenters. The molecule has 0 aliphatic carbocycles. The van der Waals surface area contributed by atoms with E-state index in [4.69, 9.17) is 21.1 Å². The number of hydrogen-bond acceptors (Lipinski definition) is 5. The topological polar surface area (TPSA) is 72.8 Å². The molecule has 0 spiro atoms. The van der Waals surface area contributed by atoms with Gasteiger partial charge >= 0.3 is 5.97 Å². The van der Waals surface area contributed by atoms with E-state index in [1.165, 1.54) is 37.7 Å². The van der Waals surface area contributed by atoms with Gasteiger partial charge in [0.25, 0.3) is 0 Å². The molecule has 36 heavy (non-hydrogen) atoms. The van der Waals surface area contributed by atoms with Gasteiger partial charge in [0, 0.05) is 11.6 Å². The number of hydrogen-bond donors (Lipinski definition) is 2.